The molecule has 0 spiro atoms. The molecule has 1 aliphatic rings. The van der Waals surface area contributed by atoms with Gasteiger partial charge < -0.3 is 9.84 Å². The maximum atomic E-state index is 13.6. The fourth-order valence-corrected chi connectivity index (χ4v) is 5.94. The highest BCUT2D eigenvalue weighted by Gasteiger charge is 2.25. The van der Waals surface area contributed by atoms with E-state index in [4.69, 9.17) is 16.3 Å². The van der Waals surface area contributed by atoms with Crippen molar-refractivity contribution in [1.82, 2.24) is 15.1 Å². The number of rotatable bonds is 11. The van der Waals surface area contributed by atoms with Gasteiger partial charge in [0.2, 0.25) is 5.13 Å². The summed E-state index contributed by atoms with van der Waals surface area (Å²) in [5, 5.41) is 19.1. The molecule has 1 fully saturated rings. The zero-order chi connectivity index (χ0) is 28.8. The number of halogens is 2. The number of aromatic nitrogens is 2. The summed E-state index contributed by atoms with van der Waals surface area (Å²) in [6, 6.07) is 7.75. The van der Waals surface area contributed by atoms with Crippen molar-refractivity contribution >= 4 is 39.9 Å². The second kappa shape index (κ2) is 13.5. The Morgan fingerprint density at radius 1 is 1.18 bits per heavy atom. The third-order valence-electron chi connectivity index (χ3n) is 7.09. The lowest BCUT2D eigenvalue weighted by Crippen LogP contribution is -2.38. The van der Waals surface area contributed by atoms with Crippen molar-refractivity contribution in [3.05, 3.63) is 57.9 Å². The summed E-state index contributed by atoms with van der Waals surface area (Å²) in [6.45, 7) is 9.24. The van der Waals surface area contributed by atoms with Crippen molar-refractivity contribution < 1.29 is 23.8 Å². The molecule has 0 saturated carbocycles. The van der Waals surface area contributed by atoms with E-state index in [0.29, 0.717) is 36.1 Å². The number of carboxylic acid groups (broad SMARTS) is 1. The van der Waals surface area contributed by atoms with Crippen LogP contribution >= 0.6 is 22.9 Å². The number of hydrogen-bond acceptors (Lipinski definition) is 7. The predicted octanol–water partition coefficient (Wildman–Crippen LogP) is 6.24. The molecule has 0 atom stereocenters. The van der Waals surface area contributed by atoms with Gasteiger partial charge in [0, 0.05) is 18.7 Å². The molecule has 4 rings (SSSR count). The van der Waals surface area contributed by atoms with Crippen molar-refractivity contribution in [2.75, 3.05) is 37.7 Å². The normalized spacial score (nSPS) is 14.3. The molecule has 0 unspecified atom stereocenters. The average Bonchev–Trinajstić information content (AvgIpc) is 3.40. The lowest BCUT2D eigenvalue weighted by molar-refractivity contribution is -0.143. The first-order valence-corrected chi connectivity index (χ1v) is 14.7. The molecule has 0 bridgehead atoms. The number of carboxylic acids is 1. The van der Waals surface area contributed by atoms with E-state index in [1.54, 1.807) is 4.90 Å². The molecule has 1 aromatic heterocycles. The van der Waals surface area contributed by atoms with Gasteiger partial charge in [-0.1, -0.05) is 36.3 Å². The Bertz CT molecular complexity index is 1340. The van der Waals surface area contributed by atoms with Crippen LogP contribution in [0.3, 0.4) is 0 Å². The number of piperidine rings is 1. The number of hydrogen-bond donors (Lipinski definition) is 1. The van der Waals surface area contributed by atoms with Gasteiger partial charge in [0.15, 0.2) is 0 Å². The van der Waals surface area contributed by atoms with E-state index in [1.165, 1.54) is 23.5 Å². The summed E-state index contributed by atoms with van der Waals surface area (Å²) >= 11 is 7.50. The van der Waals surface area contributed by atoms with Crippen LogP contribution in [0.2, 0.25) is 5.02 Å². The third kappa shape index (κ3) is 7.16. The number of nitrogens with zero attached hydrogens (tertiary/aromatic N) is 4. The number of anilines is 1. The lowest BCUT2D eigenvalue weighted by atomic mass is 9.97. The number of aliphatic carboxylic acids is 1. The second-order valence-electron chi connectivity index (χ2n) is 10.1. The van der Waals surface area contributed by atoms with Crippen molar-refractivity contribution in [3.8, 4) is 16.3 Å². The summed E-state index contributed by atoms with van der Waals surface area (Å²) in [7, 11) is 0. The lowest BCUT2D eigenvalue weighted by Gasteiger charge is -2.30. The predicted molar refractivity (Wildman–Crippen MR) is 155 cm³/mol. The topological polar surface area (TPSA) is 95.9 Å². The number of likely N-dealkylation sites (tertiary alicyclic amines) is 1. The highest BCUT2D eigenvalue weighted by Crippen LogP contribution is 2.35. The van der Waals surface area contributed by atoms with Crippen molar-refractivity contribution in [2.45, 2.75) is 46.5 Å². The maximum Gasteiger partial charge on any atom is 0.306 e. The molecule has 2 heterocycles. The zero-order valence-corrected chi connectivity index (χ0v) is 24.5. The van der Waals surface area contributed by atoms with Crippen molar-refractivity contribution in [3.63, 3.8) is 0 Å². The quantitative estimate of drug-likeness (QED) is 0.283. The number of ether oxygens (including phenoxy) is 1. The van der Waals surface area contributed by atoms with Crippen molar-refractivity contribution in [1.29, 1.82) is 0 Å². The van der Waals surface area contributed by atoms with E-state index in [-0.39, 0.29) is 22.4 Å². The Balaban J connectivity index is 1.45. The number of unbranched alkanes of at least 4 members (excludes halogenated alkanes) is 1. The highest BCUT2D eigenvalue weighted by molar-refractivity contribution is 7.18. The first-order chi connectivity index (χ1) is 19.2. The van der Waals surface area contributed by atoms with Gasteiger partial charge in [0.1, 0.15) is 23.2 Å². The van der Waals surface area contributed by atoms with E-state index in [1.807, 2.05) is 32.9 Å². The van der Waals surface area contributed by atoms with E-state index < -0.39 is 11.8 Å². The van der Waals surface area contributed by atoms with Gasteiger partial charge in [-0.2, -0.15) is 0 Å². The molecular weight excluding hydrogens is 555 g/mol. The molecule has 1 amide bonds. The van der Waals surface area contributed by atoms with Crippen LogP contribution in [0, 0.1) is 25.6 Å². The van der Waals surface area contributed by atoms with Crippen LogP contribution in [0.15, 0.2) is 30.3 Å². The Morgan fingerprint density at radius 3 is 2.50 bits per heavy atom. The molecule has 1 saturated heterocycles. The standard InChI is InChI=1S/C29H34ClFN4O4S/c1-4-5-10-35(27(36)23-7-6-22(31)17-24(23)30)29-33-32-26(40-29)21-15-18(2)25(19(3)16-21)39-14-13-34-11-8-20(9-12-34)28(37)38/h6-7,15-17,20H,4-5,8-14H2,1-3H3,(H,37,38). The fourth-order valence-electron chi connectivity index (χ4n) is 4.83. The third-order valence-corrected chi connectivity index (χ3v) is 8.39. The fraction of sp³-hybridized carbons (Fsp3) is 0.448. The molecule has 8 nitrogen and oxygen atoms in total. The summed E-state index contributed by atoms with van der Waals surface area (Å²) in [4.78, 5) is 28.3. The SMILES string of the molecule is CCCCN(C(=O)c1ccc(F)cc1Cl)c1nnc(-c2cc(C)c(OCCN3CCC(C(=O)O)CC3)c(C)c2)s1. The molecular formula is C29H34ClFN4O4S. The smallest absolute Gasteiger partial charge is 0.306 e. The number of aryl methyl sites for hydroxylation is 2. The van der Waals surface area contributed by atoms with Crippen LogP contribution < -0.4 is 9.64 Å². The van der Waals surface area contributed by atoms with Gasteiger partial charge in [-0.05, 0) is 87.7 Å². The molecule has 1 N–H and O–H groups in total. The van der Waals surface area contributed by atoms with Crippen molar-refractivity contribution in [2.24, 2.45) is 5.92 Å². The van der Waals surface area contributed by atoms with E-state index >= 15 is 0 Å². The van der Waals surface area contributed by atoms with Gasteiger partial charge in [-0.25, -0.2) is 4.39 Å². The van der Waals surface area contributed by atoms with Gasteiger partial charge in [0.25, 0.3) is 5.91 Å². The summed E-state index contributed by atoms with van der Waals surface area (Å²) < 4.78 is 19.7. The Morgan fingerprint density at radius 2 is 1.88 bits per heavy atom. The minimum atomic E-state index is -0.706. The molecule has 0 aliphatic carbocycles. The van der Waals surface area contributed by atoms with Gasteiger partial charge in [-0.3, -0.25) is 19.4 Å². The van der Waals surface area contributed by atoms with Crippen LogP contribution in [-0.2, 0) is 4.79 Å². The van der Waals surface area contributed by atoms with Gasteiger partial charge in [-0.15, -0.1) is 10.2 Å². The minimum Gasteiger partial charge on any atom is -0.492 e. The molecule has 1 aliphatic heterocycles. The Kier molecular flexibility index (Phi) is 10.1. The van der Waals surface area contributed by atoms with E-state index in [0.717, 1.165) is 61.0 Å². The van der Waals surface area contributed by atoms with Crippen LogP contribution in [0.25, 0.3) is 10.6 Å². The van der Waals surface area contributed by atoms with Crippen LogP contribution in [0.5, 0.6) is 5.75 Å². The minimum absolute atomic E-state index is 0.0582. The molecule has 40 heavy (non-hydrogen) atoms. The van der Waals surface area contributed by atoms with Crippen LogP contribution in [0.1, 0.15) is 54.1 Å². The number of carbonyl (C=O) groups excluding carboxylic acids is 1. The zero-order valence-electron chi connectivity index (χ0n) is 23.0. The summed E-state index contributed by atoms with van der Waals surface area (Å²) in [5.41, 5.74) is 3.03. The highest BCUT2D eigenvalue weighted by atomic mass is 35.5. The molecule has 3 aromatic rings. The molecule has 11 heteroatoms. The summed E-state index contributed by atoms with van der Waals surface area (Å²) in [6.07, 6.45) is 2.99. The number of carbonyl (C=O) groups is 2. The Labute approximate surface area is 242 Å². The van der Waals surface area contributed by atoms with E-state index in [9.17, 15) is 19.1 Å². The first-order valence-electron chi connectivity index (χ1n) is 13.5. The molecule has 214 valence electrons. The van der Waals surface area contributed by atoms with Crippen LogP contribution in [0.4, 0.5) is 9.52 Å². The van der Waals surface area contributed by atoms with E-state index in [2.05, 4.69) is 15.1 Å². The monoisotopic (exact) mass is 588 g/mol. The summed E-state index contributed by atoms with van der Waals surface area (Å²) in [5.74, 6) is -0.975. The second-order valence-corrected chi connectivity index (χ2v) is 11.4. The first kappa shape index (κ1) is 29.9. The number of amides is 1. The van der Waals surface area contributed by atoms with Gasteiger partial charge >= 0.3 is 5.97 Å². The Hall–Kier alpha value is -3.08. The van der Waals surface area contributed by atoms with Crippen LogP contribution in [-0.4, -0.2) is 64.9 Å². The maximum absolute atomic E-state index is 13.6. The average molecular weight is 589 g/mol. The number of benzene rings is 2. The largest absolute Gasteiger partial charge is 0.492 e. The molecule has 0 radical (unpaired) electrons. The molecule has 2 aromatic carbocycles. The van der Waals surface area contributed by atoms with Gasteiger partial charge in [0.05, 0.1) is 16.5 Å².